The van der Waals surface area contributed by atoms with Gasteiger partial charge in [0.05, 0.1) is 6.61 Å². The highest BCUT2D eigenvalue weighted by atomic mass is 32.2. The zero-order valence-electron chi connectivity index (χ0n) is 3.53. The Morgan fingerprint density at radius 3 is 1.86 bits per heavy atom. The van der Waals surface area contributed by atoms with Crippen LogP contribution in [-0.4, -0.2) is 18.1 Å². The lowest BCUT2D eigenvalue weighted by Crippen LogP contribution is -2.11. The molecule has 0 spiro atoms. The fourth-order valence-corrected chi connectivity index (χ4v) is 0.335. The maximum Gasteiger partial charge on any atom is 0.282 e. The zero-order valence-corrected chi connectivity index (χ0v) is 6.22. The molecule has 0 aromatic heterocycles. The molecule has 0 amide bonds. The molecule has 0 aliphatic carbocycles. The normalized spacial score (nSPS) is 11.9. The van der Waals surface area contributed by atoms with Crippen LogP contribution in [0.25, 0.3) is 0 Å². The largest absolute Gasteiger partial charge is 0.444 e. The summed E-state index contributed by atoms with van der Waals surface area (Å²) in [6, 6.07) is 0. The third-order valence-electron chi connectivity index (χ3n) is 0.277. The maximum atomic E-state index is 4.67. The molecule has 0 rings (SSSR count). The van der Waals surface area contributed by atoms with E-state index in [9.17, 15) is 0 Å². The van der Waals surface area contributed by atoms with Gasteiger partial charge in [0.15, 0.2) is 0 Å². The molecule has 0 fully saturated rings. The number of hydrogen-bond donors (Lipinski definition) is 3. The molecule has 0 unspecified atom stereocenters. The predicted molar refractivity (Wildman–Crippen MR) is 41.4 cm³/mol. The lowest BCUT2D eigenvalue weighted by atomic mass is 10.6. The van der Waals surface area contributed by atoms with E-state index in [1.165, 1.54) is 0 Å². The van der Waals surface area contributed by atoms with Gasteiger partial charge in [0.1, 0.15) is 3.41 Å². The van der Waals surface area contributed by atoms with Crippen LogP contribution in [0, 0.1) is 0 Å². The first-order chi connectivity index (χ1) is 3.06. The van der Waals surface area contributed by atoms with Gasteiger partial charge in [-0.1, -0.05) is 0 Å². The Bertz CT molecular complexity index is 51.4. The molecule has 0 N–H and O–H groups in total. The van der Waals surface area contributed by atoms with Gasteiger partial charge < -0.3 is 4.65 Å². The molecule has 40 valence electrons. The summed E-state index contributed by atoms with van der Waals surface area (Å²) in [5.41, 5.74) is 0. The second-order valence-electron chi connectivity index (χ2n) is 1.09. The van der Waals surface area contributed by atoms with Gasteiger partial charge in [0.25, 0.3) is 8.05 Å². The van der Waals surface area contributed by atoms with Gasteiger partial charge in [-0.05, 0) is 0 Å². The number of thiol groups is 3. The molecular formula is C2H5BOS3. The zero-order chi connectivity index (χ0) is 5.91. The highest BCUT2D eigenvalue weighted by molar-refractivity contribution is 8.17. The first kappa shape index (κ1) is 8.07. The summed E-state index contributed by atoms with van der Waals surface area (Å²) in [7, 11) is 4.67. The van der Waals surface area contributed by atoms with E-state index in [0.717, 1.165) is 0 Å². The van der Waals surface area contributed by atoms with E-state index in [4.69, 9.17) is 0 Å². The van der Waals surface area contributed by atoms with Crippen LogP contribution in [0.1, 0.15) is 0 Å². The standard InChI is InChI=1S/C2H5BOS3/c3-4-1-2(5,6)7/h5-7H,1H2. The summed E-state index contributed by atoms with van der Waals surface area (Å²) in [6.07, 6.45) is 0. The van der Waals surface area contributed by atoms with Crippen LogP contribution in [-0.2, 0) is 4.65 Å². The summed E-state index contributed by atoms with van der Waals surface area (Å²) >= 11 is 11.6. The second-order valence-corrected chi connectivity index (χ2v) is 4.43. The van der Waals surface area contributed by atoms with Crippen molar-refractivity contribution in [2.24, 2.45) is 0 Å². The molecule has 0 bridgehead atoms. The van der Waals surface area contributed by atoms with Crippen LogP contribution in [0.15, 0.2) is 0 Å². The van der Waals surface area contributed by atoms with Crippen LogP contribution in [0.2, 0.25) is 0 Å². The minimum absolute atomic E-state index is 0.211. The summed E-state index contributed by atoms with van der Waals surface area (Å²) in [6.45, 7) is 0.211. The first-order valence-corrected chi connectivity index (χ1v) is 2.89. The topological polar surface area (TPSA) is 9.23 Å². The monoisotopic (exact) mass is 152 g/mol. The molecule has 0 saturated heterocycles. The van der Waals surface area contributed by atoms with Crippen molar-refractivity contribution in [1.29, 1.82) is 0 Å². The van der Waals surface area contributed by atoms with Crippen molar-refractivity contribution in [1.82, 2.24) is 0 Å². The van der Waals surface area contributed by atoms with Gasteiger partial charge >= 0.3 is 0 Å². The Balaban J connectivity index is 3.15. The Labute approximate surface area is 60.9 Å². The van der Waals surface area contributed by atoms with Crippen molar-refractivity contribution in [2.45, 2.75) is 3.41 Å². The third-order valence-corrected chi connectivity index (χ3v) is 0.664. The van der Waals surface area contributed by atoms with Crippen molar-refractivity contribution in [3.63, 3.8) is 0 Å². The Hall–Kier alpha value is 1.07. The fraction of sp³-hybridized carbons (Fsp3) is 1.00. The smallest absolute Gasteiger partial charge is 0.282 e. The van der Waals surface area contributed by atoms with E-state index in [1.54, 1.807) is 0 Å². The van der Waals surface area contributed by atoms with E-state index >= 15 is 0 Å². The van der Waals surface area contributed by atoms with E-state index < -0.39 is 3.41 Å². The van der Waals surface area contributed by atoms with Gasteiger partial charge in [-0.3, -0.25) is 0 Å². The summed E-state index contributed by atoms with van der Waals surface area (Å²) in [5, 5.41) is 0. The van der Waals surface area contributed by atoms with Crippen LogP contribution in [0.3, 0.4) is 0 Å². The fourth-order valence-electron chi connectivity index (χ4n) is 0.112. The second kappa shape index (κ2) is 3.17. The van der Waals surface area contributed by atoms with E-state index in [1.807, 2.05) is 0 Å². The summed E-state index contributed by atoms with van der Waals surface area (Å²) in [4.78, 5) is 0. The highest BCUT2D eigenvalue weighted by Gasteiger charge is 2.10. The predicted octanol–water partition coefficient (Wildman–Crippen LogP) is 0.530. The van der Waals surface area contributed by atoms with Crippen molar-refractivity contribution in [2.75, 3.05) is 6.61 Å². The van der Waals surface area contributed by atoms with Gasteiger partial charge in [-0.25, -0.2) is 0 Å². The van der Waals surface area contributed by atoms with Gasteiger partial charge in [0, 0.05) is 0 Å². The lowest BCUT2D eigenvalue weighted by Gasteiger charge is -2.12. The molecule has 0 atom stereocenters. The van der Waals surface area contributed by atoms with E-state index in [-0.39, 0.29) is 6.61 Å². The van der Waals surface area contributed by atoms with Crippen LogP contribution < -0.4 is 0 Å². The average Bonchev–Trinajstić information content (AvgIpc) is 1.30. The molecule has 0 aromatic rings. The average molecular weight is 152 g/mol. The van der Waals surface area contributed by atoms with Crippen LogP contribution in [0.5, 0.6) is 0 Å². The minimum Gasteiger partial charge on any atom is -0.444 e. The quantitative estimate of drug-likeness (QED) is 0.297. The van der Waals surface area contributed by atoms with Crippen molar-refractivity contribution in [3.05, 3.63) is 0 Å². The summed E-state index contributed by atoms with van der Waals surface area (Å²) < 4.78 is 3.46. The molecule has 0 aromatic carbocycles. The minimum atomic E-state index is -0.714. The Kier molecular flexibility index (Phi) is 3.66. The van der Waals surface area contributed by atoms with Gasteiger partial charge in [0.2, 0.25) is 0 Å². The van der Waals surface area contributed by atoms with Crippen molar-refractivity contribution in [3.8, 4) is 0 Å². The molecule has 1 nitrogen and oxygen atoms in total. The van der Waals surface area contributed by atoms with Crippen LogP contribution in [0.4, 0.5) is 0 Å². The molecule has 0 saturated carbocycles. The highest BCUT2D eigenvalue weighted by Crippen LogP contribution is 2.23. The Morgan fingerprint density at radius 1 is 1.43 bits per heavy atom. The molecular weight excluding hydrogens is 147 g/mol. The van der Waals surface area contributed by atoms with E-state index in [2.05, 4.69) is 50.6 Å². The maximum absolute atomic E-state index is 4.67. The number of rotatable bonds is 2. The SMILES string of the molecule is [B]OCC(S)(S)S. The van der Waals surface area contributed by atoms with Crippen LogP contribution >= 0.6 is 37.9 Å². The molecule has 0 heterocycles. The van der Waals surface area contributed by atoms with Gasteiger partial charge in [-0.2, -0.15) is 0 Å². The van der Waals surface area contributed by atoms with Crippen molar-refractivity contribution < 1.29 is 4.65 Å². The Morgan fingerprint density at radius 2 is 1.86 bits per heavy atom. The van der Waals surface area contributed by atoms with E-state index in [0.29, 0.717) is 0 Å². The number of hydrogen-bond acceptors (Lipinski definition) is 4. The van der Waals surface area contributed by atoms with Gasteiger partial charge in [-0.15, -0.1) is 37.9 Å². The van der Waals surface area contributed by atoms with Crippen molar-refractivity contribution >= 4 is 45.9 Å². The lowest BCUT2D eigenvalue weighted by molar-refractivity contribution is 0.366. The molecule has 2 radical (unpaired) electrons. The summed E-state index contributed by atoms with van der Waals surface area (Å²) in [5.74, 6) is 0. The molecule has 7 heavy (non-hydrogen) atoms. The first-order valence-electron chi connectivity index (χ1n) is 1.55. The molecule has 0 aliphatic heterocycles. The molecule has 0 aliphatic rings. The third kappa shape index (κ3) is 7.07. The molecule has 5 heteroatoms.